The highest BCUT2D eigenvalue weighted by molar-refractivity contribution is 5.97. The molecule has 0 radical (unpaired) electrons. The van der Waals surface area contributed by atoms with Gasteiger partial charge in [-0.2, -0.15) is 9.78 Å². The van der Waals surface area contributed by atoms with E-state index in [0.29, 0.717) is 39.2 Å². The Morgan fingerprint density at radius 1 is 1.03 bits per heavy atom. The molecular formula is C22H19N3O4. The molecule has 0 aliphatic heterocycles. The summed E-state index contributed by atoms with van der Waals surface area (Å²) in [6, 6.07) is 14.4. The van der Waals surface area contributed by atoms with Gasteiger partial charge in [-0.3, -0.25) is 4.79 Å². The van der Waals surface area contributed by atoms with Gasteiger partial charge in [-0.1, -0.05) is 30.3 Å². The molecule has 29 heavy (non-hydrogen) atoms. The van der Waals surface area contributed by atoms with Crippen molar-refractivity contribution in [3.8, 4) is 17.2 Å². The first-order valence-electron chi connectivity index (χ1n) is 8.94. The van der Waals surface area contributed by atoms with Crippen molar-refractivity contribution in [3.63, 3.8) is 0 Å². The van der Waals surface area contributed by atoms with E-state index in [4.69, 9.17) is 9.47 Å². The molecule has 0 unspecified atom stereocenters. The molecule has 3 aromatic carbocycles. The molecule has 0 spiro atoms. The number of fused-ring (bicyclic) bond motifs is 2. The van der Waals surface area contributed by atoms with Gasteiger partial charge in [0, 0.05) is 17.0 Å². The molecule has 0 atom stereocenters. The molecule has 146 valence electrons. The highest BCUT2D eigenvalue weighted by atomic mass is 16.5. The Bertz CT molecular complexity index is 1330. The summed E-state index contributed by atoms with van der Waals surface area (Å²) in [6.07, 6.45) is 1.45. The normalized spacial score (nSPS) is 11.4. The second kappa shape index (κ2) is 7.27. The number of hydrogen-bond acceptors (Lipinski definition) is 6. The quantitative estimate of drug-likeness (QED) is 0.540. The largest absolute Gasteiger partial charge is 0.507 e. The maximum absolute atomic E-state index is 13.0. The van der Waals surface area contributed by atoms with Crippen LogP contribution in [-0.2, 0) is 0 Å². The van der Waals surface area contributed by atoms with Crippen LogP contribution in [0.4, 0.5) is 0 Å². The summed E-state index contributed by atoms with van der Waals surface area (Å²) in [5.41, 5.74) is 0.651. The zero-order valence-corrected chi connectivity index (χ0v) is 16.2. The molecule has 0 fully saturated rings. The van der Waals surface area contributed by atoms with E-state index in [-0.39, 0.29) is 11.3 Å². The van der Waals surface area contributed by atoms with Crippen molar-refractivity contribution in [2.24, 2.45) is 5.10 Å². The number of benzene rings is 3. The topological polar surface area (TPSA) is 85.9 Å². The van der Waals surface area contributed by atoms with Crippen LogP contribution in [0.15, 0.2) is 58.4 Å². The fourth-order valence-corrected chi connectivity index (χ4v) is 3.25. The lowest BCUT2D eigenvalue weighted by atomic mass is 10.1. The predicted octanol–water partition coefficient (Wildman–Crippen LogP) is 3.46. The maximum atomic E-state index is 13.0. The number of aryl methyl sites for hydroxylation is 1. The Hall–Kier alpha value is -3.87. The summed E-state index contributed by atoms with van der Waals surface area (Å²) < 4.78 is 11.8. The highest BCUT2D eigenvalue weighted by Crippen LogP contribution is 2.30. The van der Waals surface area contributed by atoms with Crippen LogP contribution in [0.5, 0.6) is 17.2 Å². The van der Waals surface area contributed by atoms with Crippen molar-refractivity contribution < 1.29 is 14.6 Å². The lowest BCUT2D eigenvalue weighted by molar-refractivity contribution is 0.355. The van der Waals surface area contributed by atoms with Gasteiger partial charge in [0.05, 0.1) is 31.3 Å². The van der Waals surface area contributed by atoms with Crippen molar-refractivity contribution in [2.45, 2.75) is 6.92 Å². The number of aromatic hydroxyl groups is 1. The summed E-state index contributed by atoms with van der Waals surface area (Å²) in [4.78, 5) is 17.4. The summed E-state index contributed by atoms with van der Waals surface area (Å²) >= 11 is 0. The van der Waals surface area contributed by atoms with E-state index in [2.05, 4.69) is 10.1 Å². The molecule has 0 amide bonds. The number of hydrogen-bond donors (Lipinski definition) is 1. The molecule has 1 heterocycles. The number of ether oxygens (including phenoxy) is 2. The van der Waals surface area contributed by atoms with Gasteiger partial charge in [0.2, 0.25) is 0 Å². The van der Waals surface area contributed by atoms with Gasteiger partial charge in [0.1, 0.15) is 11.6 Å². The first-order valence-corrected chi connectivity index (χ1v) is 8.94. The maximum Gasteiger partial charge on any atom is 0.282 e. The Balaban J connectivity index is 1.84. The smallest absolute Gasteiger partial charge is 0.282 e. The van der Waals surface area contributed by atoms with E-state index in [9.17, 15) is 9.90 Å². The van der Waals surface area contributed by atoms with E-state index >= 15 is 0 Å². The van der Waals surface area contributed by atoms with Crippen LogP contribution >= 0.6 is 0 Å². The molecule has 4 rings (SSSR count). The minimum absolute atomic E-state index is 0.109. The summed E-state index contributed by atoms with van der Waals surface area (Å²) in [6.45, 7) is 1.69. The van der Waals surface area contributed by atoms with Crippen molar-refractivity contribution in [1.82, 2.24) is 9.66 Å². The van der Waals surface area contributed by atoms with Gasteiger partial charge in [-0.25, -0.2) is 4.98 Å². The lowest BCUT2D eigenvalue weighted by Crippen LogP contribution is -2.20. The van der Waals surface area contributed by atoms with Gasteiger partial charge < -0.3 is 14.6 Å². The molecule has 4 aromatic rings. The number of methoxy groups -OCH3 is 2. The number of phenolic OH excluding ortho intramolecular Hbond substituents is 1. The van der Waals surface area contributed by atoms with E-state index in [1.54, 1.807) is 25.1 Å². The SMILES string of the molecule is COc1cc2nc(C)n(/N=C/c3ccc4ccccc4c3O)c(=O)c2cc1OC. The number of rotatable bonds is 4. The minimum atomic E-state index is -0.343. The summed E-state index contributed by atoms with van der Waals surface area (Å²) in [7, 11) is 3.03. The molecule has 7 nitrogen and oxygen atoms in total. The van der Waals surface area contributed by atoms with Gasteiger partial charge >= 0.3 is 0 Å². The molecule has 0 saturated heterocycles. The van der Waals surface area contributed by atoms with E-state index in [1.165, 1.54) is 25.1 Å². The van der Waals surface area contributed by atoms with E-state index in [1.807, 2.05) is 30.3 Å². The third kappa shape index (κ3) is 3.16. The van der Waals surface area contributed by atoms with Gasteiger partial charge in [0.25, 0.3) is 5.56 Å². The average molecular weight is 389 g/mol. The Kier molecular flexibility index (Phi) is 4.64. The second-order valence-corrected chi connectivity index (χ2v) is 6.47. The van der Waals surface area contributed by atoms with Crippen LogP contribution in [-0.4, -0.2) is 35.2 Å². The molecule has 0 bridgehead atoms. The molecule has 7 heteroatoms. The number of aromatic nitrogens is 2. The third-order valence-electron chi connectivity index (χ3n) is 4.76. The van der Waals surface area contributed by atoms with Crippen LogP contribution < -0.4 is 15.0 Å². The first kappa shape index (κ1) is 18.5. The van der Waals surface area contributed by atoms with Crippen molar-refractivity contribution in [2.75, 3.05) is 14.2 Å². The van der Waals surface area contributed by atoms with Gasteiger partial charge in [-0.05, 0) is 24.4 Å². The number of phenols is 1. The first-order chi connectivity index (χ1) is 14.0. The second-order valence-electron chi connectivity index (χ2n) is 6.47. The van der Waals surface area contributed by atoms with Crippen LogP contribution in [0.25, 0.3) is 21.7 Å². The molecule has 1 N–H and O–H groups in total. The van der Waals surface area contributed by atoms with Crippen LogP contribution in [0.2, 0.25) is 0 Å². The van der Waals surface area contributed by atoms with Crippen LogP contribution in [0.1, 0.15) is 11.4 Å². The minimum Gasteiger partial charge on any atom is -0.507 e. The Labute approximate surface area is 166 Å². The molecule has 0 aliphatic carbocycles. The third-order valence-corrected chi connectivity index (χ3v) is 4.76. The fraction of sp³-hybridized carbons (Fsp3) is 0.136. The fourth-order valence-electron chi connectivity index (χ4n) is 3.25. The van der Waals surface area contributed by atoms with E-state index in [0.717, 1.165) is 5.39 Å². The predicted molar refractivity (Wildman–Crippen MR) is 112 cm³/mol. The van der Waals surface area contributed by atoms with Gasteiger partial charge in [-0.15, -0.1) is 0 Å². The monoisotopic (exact) mass is 389 g/mol. The van der Waals surface area contributed by atoms with Crippen molar-refractivity contribution >= 4 is 27.9 Å². The Morgan fingerprint density at radius 3 is 2.52 bits per heavy atom. The average Bonchev–Trinajstić information content (AvgIpc) is 2.74. The molecule has 0 aliphatic rings. The van der Waals surface area contributed by atoms with Crippen molar-refractivity contribution in [3.05, 3.63) is 70.3 Å². The zero-order chi connectivity index (χ0) is 20.5. The summed E-state index contributed by atoms with van der Waals surface area (Å²) in [5, 5.41) is 16.8. The summed E-state index contributed by atoms with van der Waals surface area (Å²) in [5.74, 6) is 1.45. The molecule has 1 aromatic heterocycles. The highest BCUT2D eigenvalue weighted by Gasteiger charge is 2.13. The number of nitrogens with zero attached hydrogens (tertiary/aromatic N) is 3. The molecule has 0 saturated carbocycles. The van der Waals surface area contributed by atoms with Crippen molar-refractivity contribution in [1.29, 1.82) is 0 Å². The van der Waals surface area contributed by atoms with Gasteiger partial charge in [0.15, 0.2) is 11.5 Å². The zero-order valence-electron chi connectivity index (χ0n) is 16.2. The Morgan fingerprint density at radius 2 is 1.76 bits per heavy atom. The standard InChI is InChI=1S/C22H19N3O4/c1-13-24-18-11-20(29-3)19(28-2)10-17(18)22(27)25(13)23-12-15-9-8-14-6-4-5-7-16(14)21(15)26/h4-12,26H,1-3H3/b23-12+. The lowest BCUT2D eigenvalue weighted by Gasteiger charge is -2.10. The van der Waals surface area contributed by atoms with Crippen LogP contribution in [0.3, 0.4) is 0 Å². The van der Waals surface area contributed by atoms with Crippen LogP contribution in [0, 0.1) is 6.92 Å². The molecular weight excluding hydrogens is 370 g/mol. The van der Waals surface area contributed by atoms with E-state index < -0.39 is 0 Å².